The molecule has 0 aliphatic carbocycles. The summed E-state index contributed by atoms with van der Waals surface area (Å²) in [5.41, 5.74) is 3.17. The van der Waals surface area contributed by atoms with E-state index in [1.807, 2.05) is 36.1 Å². The van der Waals surface area contributed by atoms with Crippen LogP contribution in [0.15, 0.2) is 36.4 Å². The number of nitrogens with zero attached hydrogens (tertiary/aromatic N) is 4. The summed E-state index contributed by atoms with van der Waals surface area (Å²) in [6.07, 6.45) is 2.33. The summed E-state index contributed by atoms with van der Waals surface area (Å²) in [4.78, 5) is 18.3. The quantitative estimate of drug-likeness (QED) is 0.281. The van der Waals surface area contributed by atoms with Crippen LogP contribution in [-0.4, -0.2) is 36.6 Å². The van der Waals surface area contributed by atoms with E-state index in [4.69, 9.17) is 5.26 Å². The fourth-order valence-electron chi connectivity index (χ4n) is 4.09. The van der Waals surface area contributed by atoms with E-state index in [1.165, 1.54) is 11.6 Å². The van der Waals surface area contributed by atoms with Gasteiger partial charge in [-0.3, -0.25) is 4.79 Å². The molecule has 8 heteroatoms. The number of aromatic nitrogens is 3. The number of hydrogen-bond donors (Lipinski definition) is 1. The zero-order valence-electron chi connectivity index (χ0n) is 17.9. The third-order valence-corrected chi connectivity index (χ3v) is 7.16. The molecule has 1 aromatic heterocycles. The van der Waals surface area contributed by atoms with Crippen LogP contribution in [0.1, 0.15) is 58.6 Å². The van der Waals surface area contributed by atoms with Gasteiger partial charge in [0.1, 0.15) is 11.6 Å². The molecule has 0 radical (unpaired) electrons. The summed E-state index contributed by atoms with van der Waals surface area (Å²) in [6, 6.07) is 12.8. The van der Waals surface area contributed by atoms with Crippen molar-refractivity contribution in [2.24, 2.45) is 0 Å². The lowest BCUT2D eigenvalue weighted by Crippen LogP contribution is -2.42. The first-order valence-corrected chi connectivity index (χ1v) is 11.8. The Hall–Kier alpha value is -2.80. The number of nitrogens with one attached hydrogen (secondary N) is 1. The average molecular weight is 543 g/mol. The van der Waals surface area contributed by atoms with Gasteiger partial charge in [0.15, 0.2) is 5.82 Å². The molecule has 1 N–H and O–H groups in total. The Labute approximate surface area is 200 Å². The number of halogens is 2. The van der Waals surface area contributed by atoms with Gasteiger partial charge in [-0.15, -0.1) is 10.2 Å². The molecule has 6 nitrogen and oxygen atoms in total. The second kappa shape index (κ2) is 9.36. The number of aryl methyl sites for hydroxylation is 2. The molecule has 164 valence electrons. The molecule has 2 aromatic carbocycles. The van der Waals surface area contributed by atoms with Crippen molar-refractivity contribution >= 4 is 28.5 Å². The molecule has 32 heavy (non-hydrogen) atoms. The molecule has 1 saturated heterocycles. The van der Waals surface area contributed by atoms with Crippen LogP contribution in [0.3, 0.4) is 0 Å². The van der Waals surface area contributed by atoms with Gasteiger partial charge in [-0.1, -0.05) is 41.6 Å². The zero-order valence-corrected chi connectivity index (χ0v) is 20.1. The zero-order chi connectivity index (χ0) is 22.8. The number of nitriles is 1. The lowest BCUT2D eigenvalue weighted by atomic mass is 9.88. The van der Waals surface area contributed by atoms with Crippen molar-refractivity contribution in [1.29, 1.82) is 5.26 Å². The van der Waals surface area contributed by atoms with Gasteiger partial charge in [-0.25, -0.2) is 4.39 Å². The minimum Gasteiger partial charge on any atom is -0.327 e. The van der Waals surface area contributed by atoms with Gasteiger partial charge in [-0.2, -0.15) is 5.26 Å². The van der Waals surface area contributed by atoms with Gasteiger partial charge in [0.25, 0.3) is 5.91 Å². The van der Waals surface area contributed by atoms with Crippen LogP contribution >= 0.6 is 22.6 Å². The molecule has 2 heterocycles. The van der Waals surface area contributed by atoms with Gasteiger partial charge in [0.2, 0.25) is 0 Å². The second-order valence-electron chi connectivity index (χ2n) is 8.01. The summed E-state index contributed by atoms with van der Waals surface area (Å²) in [5, 5.41) is 17.1. The number of hydrogen-bond acceptors (Lipinski definition) is 4. The number of amides is 1. The Morgan fingerprint density at radius 2 is 2.06 bits per heavy atom. The fraction of sp³-hybridized carbons (Fsp3) is 0.333. The highest BCUT2D eigenvalue weighted by molar-refractivity contribution is 14.1. The number of benzene rings is 2. The van der Waals surface area contributed by atoms with Crippen LogP contribution in [0, 0.1) is 24.1 Å². The SMILES string of the molecule is CCc1nnc(-c2cc(C(=O)N3CCC(c4ccc(C#N)cc4)CC3I)c(C)cc2F)[nH]1. The molecule has 1 fully saturated rings. The highest BCUT2D eigenvalue weighted by atomic mass is 127. The number of H-pyrrole nitrogens is 1. The van der Waals surface area contributed by atoms with Crippen LogP contribution in [0.25, 0.3) is 11.4 Å². The largest absolute Gasteiger partial charge is 0.327 e. The van der Waals surface area contributed by atoms with E-state index in [9.17, 15) is 9.18 Å². The van der Waals surface area contributed by atoms with Crippen molar-refractivity contribution in [2.75, 3.05) is 6.54 Å². The average Bonchev–Trinajstić information content (AvgIpc) is 3.28. The van der Waals surface area contributed by atoms with Crippen molar-refractivity contribution in [3.63, 3.8) is 0 Å². The molecular weight excluding hydrogens is 520 g/mol. The van der Waals surface area contributed by atoms with Crippen molar-refractivity contribution in [1.82, 2.24) is 20.1 Å². The second-order valence-corrected chi connectivity index (χ2v) is 9.45. The third-order valence-electron chi connectivity index (χ3n) is 5.98. The minimum atomic E-state index is -0.427. The molecular formula is C24H23FIN5O. The first kappa shape index (κ1) is 22.4. The molecule has 3 aromatic rings. The van der Waals surface area contributed by atoms with E-state index in [2.05, 4.69) is 43.8 Å². The first-order valence-electron chi connectivity index (χ1n) is 10.6. The highest BCUT2D eigenvalue weighted by Crippen LogP contribution is 2.36. The lowest BCUT2D eigenvalue weighted by Gasteiger charge is -2.37. The maximum atomic E-state index is 14.7. The molecule has 1 aliphatic rings. The van der Waals surface area contributed by atoms with Crippen molar-refractivity contribution in [3.05, 3.63) is 70.3 Å². The molecule has 1 aliphatic heterocycles. The van der Waals surface area contributed by atoms with E-state index in [1.54, 1.807) is 13.0 Å². The maximum absolute atomic E-state index is 14.7. The van der Waals surface area contributed by atoms with Crippen LogP contribution < -0.4 is 0 Å². The first-order chi connectivity index (χ1) is 15.4. The van der Waals surface area contributed by atoms with Crippen LogP contribution in [0.5, 0.6) is 0 Å². The Kier molecular flexibility index (Phi) is 6.55. The summed E-state index contributed by atoms with van der Waals surface area (Å²) < 4.78 is 14.7. The number of piperidine rings is 1. The molecule has 4 rings (SSSR count). The predicted octanol–water partition coefficient (Wildman–Crippen LogP) is 5.13. The Morgan fingerprint density at radius 1 is 1.31 bits per heavy atom. The van der Waals surface area contributed by atoms with E-state index >= 15 is 0 Å². The number of carbonyl (C=O) groups excluding carboxylic acids is 1. The summed E-state index contributed by atoms with van der Waals surface area (Å²) >= 11 is 2.31. The van der Waals surface area contributed by atoms with E-state index in [-0.39, 0.29) is 15.5 Å². The van der Waals surface area contributed by atoms with Gasteiger partial charge < -0.3 is 9.88 Å². The van der Waals surface area contributed by atoms with E-state index < -0.39 is 5.82 Å². The number of carbonyl (C=O) groups is 1. The van der Waals surface area contributed by atoms with E-state index in [0.29, 0.717) is 47.2 Å². The monoisotopic (exact) mass is 543 g/mol. The number of aromatic amines is 1. The number of rotatable bonds is 4. The normalized spacial score (nSPS) is 18.4. The standard InChI is InChI=1S/C24H23FIN5O/c1-3-22-28-23(30-29-22)19-12-18(14(2)10-20(19)25)24(32)31-9-8-17(11-21(31)26)16-6-4-15(13-27)5-7-16/h4-7,10,12,17,21H,3,8-9,11H2,1-2H3,(H,28,29,30). The van der Waals surface area contributed by atoms with Crippen LogP contribution in [0.4, 0.5) is 4.39 Å². The lowest BCUT2D eigenvalue weighted by molar-refractivity contribution is 0.0697. The summed E-state index contributed by atoms with van der Waals surface area (Å²) in [5.74, 6) is 0.810. The minimum absolute atomic E-state index is 0.0133. The fourth-order valence-corrected chi connectivity index (χ4v) is 5.24. The topological polar surface area (TPSA) is 85.7 Å². The predicted molar refractivity (Wildman–Crippen MR) is 128 cm³/mol. The van der Waals surface area contributed by atoms with Gasteiger partial charge in [0.05, 0.1) is 21.2 Å². The molecule has 1 amide bonds. The van der Waals surface area contributed by atoms with Gasteiger partial charge >= 0.3 is 0 Å². The van der Waals surface area contributed by atoms with Crippen LogP contribution in [0.2, 0.25) is 0 Å². The smallest absolute Gasteiger partial charge is 0.255 e. The molecule has 2 atom stereocenters. The number of alkyl halides is 1. The summed E-state index contributed by atoms with van der Waals surface area (Å²) in [7, 11) is 0. The van der Waals surface area contributed by atoms with Crippen molar-refractivity contribution in [2.45, 2.75) is 43.1 Å². The molecule has 0 spiro atoms. The Morgan fingerprint density at radius 3 is 2.69 bits per heavy atom. The van der Waals surface area contributed by atoms with Crippen LogP contribution in [-0.2, 0) is 6.42 Å². The molecule has 0 saturated carbocycles. The van der Waals surface area contributed by atoms with Gasteiger partial charge in [0, 0.05) is 18.5 Å². The summed E-state index contributed by atoms with van der Waals surface area (Å²) in [6.45, 7) is 4.31. The number of likely N-dealkylation sites (tertiary alicyclic amines) is 1. The van der Waals surface area contributed by atoms with Gasteiger partial charge in [-0.05, 0) is 61.1 Å². The Bertz CT molecular complexity index is 1180. The third kappa shape index (κ3) is 4.39. The van der Waals surface area contributed by atoms with Crippen molar-refractivity contribution in [3.8, 4) is 17.5 Å². The maximum Gasteiger partial charge on any atom is 0.255 e. The Balaban J connectivity index is 1.55. The molecule has 2 unspecified atom stereocenters. The van der Waals surface area contributed by atoms with Crippen molar-refractivity contribution < 1.29 is 9.18 Å². The molecule has 0 bridgehead atoms. The van der Waals surface area contributed by atoms with E-state index in [0.717, 1.165) is 12.8 Å². The highest BCUT2D eigenvalue weighted by Gasteiger charge is 2.32.